The van der Waals surface area contributed by atoms with E-state index >= 15 is 0 Å². The number of nitrogens with zero attached hydrogens (tertiary/aromatic N) is 2. The lowest BCUT2D eigenvalue weighted by Crippen LogP contribution is -2.47. The fourth-order valence-corrected chi connectivity index (χ4v) is 4.23. The van der Waals surface area contributed by atoms with Gasteiger partial charge in [0.05, 0.1) is 40.8 Å². The highest BCUT2D eigenvalue weighted by molar-refractivity contribution is 7.07. The largest absolute Gasteiger partial charge is 0.394 e. The van der Waals surface area contributed by atoms with Gasteiger partial charge in [0, 0.05) is 30.0 Å². The number of nitrogens with one attached hydrogen (secondary N) is 2. The summed E-state index contributed by atoms with van der Waals surface area (Å²) >= 11 is 1.42. The van der Waals surface area contributed by atoms with Crippen LogP contribution in [0.25, 0.3) is 22.5 Å². The summed E-state index contributed by atoms with van der Waals surface area (Å²) in [4.78, 5) is 17.5. The number of aromatic nitrogens is 3. The van der Waals surface area contributed by atoms with Crippen LogP contribution in [-0.2, 0) is 11.2 Å². The summed E-state index contributed by atoms with van der Waals surface area (Å²) in [5.41, 5.74) is 3.96. The van der Waals surface area contributed by atoms with Crippen LogP contribution in [0.3, 0.4) is 0 Å². The highest BCUT2D eigenvalue weighted by Gasteiger charge is 2.26. The molecule has 0 unspecified atom stereocenters. The molecule has 2 heterocycles. The van der Waals surface area contributed by atoms with Gasteiger partial charge in [-0.05, 0) is 42.5 Å². The number of amides is 1. The lowest BCUT2D eigenvalue weighted by Gasteiger charge is -2.25. The van der Waals surface area contributed by atoms with Gasteiger partial charge in [0.15, 0.2) is 0 Å². The predicted octanol–water partition coefficient (Wildman–Crippen LogP) is 3.83. The Morgan fingerprint density at radius 3 is 2.71 bits per heavy atom. The molecule has 34 heavy (non-hydrogen) atoms. The number of thiazole rings is 1. The molecule has 1 amide bonds. The van der Waals surface area contributed by atoms with Crippen molar-refractivity contribution in [3.8, 4) is 22.5 Å². The van der Waals surface area contributed by atoms with Gasteiger partial charge in [-0.25, -0.2) is 13.8 Å². The van der Waals surface area contributed by atoms with Gasteiger partial charge in [-0.1, -0.05) is 6.07 Å². The molecular weight excluding hydrogens is 462 g/mol. The second kappa shape index (κ2) is 10.6. The van der Waals surface area contributed by atoms with Crippen LogP contribution in [-0.4, -0.2) is 52.1 Å². The van der Waals surface area contributed by atoms with E-state index in [9.17, 15) is 18.7 Å². The Morgan fingerprint density at radius 2 is 2.03 bits per heavy atom. The number of rotatable bonds is 9. The number of aromatic amines is 1. The van der Waals surface area contributed by atoms with Gasteiger partial charge in [0.1, 0.15) is 17.7 Å². The van der Waals surface area contributed by atoms with Crippen molar-refractivity contribution in [1.29, 1.82) is 0 Å². The molecule has 0 radical (unpaired) electrons. The van der Waals surface area contributed by atoms with Crippen molar-refractivity contribution in [2.75, 3.05) is 13.7 Å². The number of methoxy groups -OCH3 is 1. The summed E-state index contributed by atoms with van der Waals surface area (Å²) in [5.74, 6) is -1.52. The molecule has 0 aliphatic carbocycles. The van der Waals surface area contributed by atoms with E-state index < -0.39 is 23.9 Å². The van der Waals surface area contributed by atoms with E-state index in [1.165, 1.54) is 48.8 Å². The van der Waals surface area contributed by atoms with Crippen molar-refractivity contribution >= 4 is 17.2 Å². The minimum Gasteiger partial charge on any atom is -0.394 e. The second-order valence-corrected chi connectivity index (χ2v) is 8.28. The number of halogens is 2. The lowest BCUT2D eigenvalue weighted by atomic mass is 10.0. The maximum absolute atomic E-state index is 14.9. The van der Waals surface area contributed by atoms with E-state index in [0.29, 0.717) is 23.4 Å². The minimum atomic E-state index is -0.681. The number of carbonyl (C=O) groups is 1. The number of carbonyl (C=O) groups excluding carboxylic acids is 1. The average Bonchev–Trinajstić information content (AvgIpc) is 3.52. The first-order valence-corrected chi connectivity index (χ1v) is 11.4. The Morgan fingerprint density at radius 1 is 1.24 bits per heavy atom. The minimum absolute atomic E-state index is 0.0474. The Kier molecular flexibility index (Phi) is 7.41. The average molecular weight is 485 g/mol. The molecular formula is C24H22F2N4O3S. The van der Waals surface area contributed by atoms with Crippen LogP contribution in [0.2, 0.25) is 0 Å². The Balaban J connectivity index is 1.64. The molecule has 0 spiro atoms. The number of aliphatic hydroxyl groups excluding tert-OH is 1. The number of benzene rings is 2. The zero-order chi connectivity index (χ0) is 24.1. The molecule has 0 saturated carbocycles. The molecule has 4 rings (SSSR count). The van der Waals surface area contributed by atoms with E-state index in [0.717, 1.165) is 5.69 Å². The summed E-state index contributed by atoms with van der Waals surface area (Å²) in [6.45, 7) is -0.316. The third-order valence-corrected chi connectivity index (χ3v) is 6.04. The van der Waals surface area contributed by atoms with Gasteiger partial charge in [-0.2, -0.15) is 5.10 Å². The van der Waals surface area contributed by atoms with Gasteiger partial charge < -0.3 is 15.2 Å². The maximum atomic E-state index is 14.9. The van der Waals surface area contributed by atoms with E-state index in [1.807, 2.05) is 5.38 Å². The molecule has 0 saturated heterocycles. The number of ether oxygens (including phenoxy) is 1. The van der Waals surface area contributed by atoms with E-state index in [-0.39, 0.29) is 23.6 Å². The third kappa shape index (κ3) is 5.19. The van der Waals surface area contributed by atoms with Gasteiger partial charge in [0.25, 0.3) is 5.91 Å². The van der Waals surface area contributed by atoms with Gasteiger partial charge >= 0.3 is 0 Å². The molecule has 3 N–H and O–H groups in total. The lowest BCUT2D eigenvalue weighted by molar-refractivity contribution is 0.0214. The fourth-order valence-electron chi connectivity index (χ4n) is 3.66. The number of H-pyrrole nitrogens is 1. The summed E-state index contributed by atoms with van der Waals surface area (Å²) in [5, 5.41) is 21.4. The molecule has 10 heteroatoms. The first-order chi connectivity index (χ1) is 16.5. The first-order valence-electron chi connectivity index (χ1n) is 10.4. The quantitative estimate of drug-likeness (QED) is 0.335. The SMILES string of the molecule is CO[C@H](CO)[C@@H](Cc1cscn1)NC(=O)c1cccc(F)c1-c1cc(-c2ccc(F)cc2)n[nH]1. The van der Waals surface area contributed by atoms with Crippen molar-refractivity contribution in [1.82, 2.24) is 20.5 Å². The number of aliphatic hydroxyl groups is 1. The van der Waals surface area contributed by atoms with Crippen LogP contribution in [0.4, 0.5) is 8.78 Å². The molecule has 0 fully saturated rings. The highest BCUT2D eigenvalue weighted by atomic mass is 32.1. The maximum Gasteiger partial charge on any atom is 0.252 e. The zero-order valence-corrected chi connectivity index (χ0v) is 19.0. The molecule has 2 aromatic carbocycles. The number of hydrogen-bond acceptors (Lipinski definition) is 6. The molecule has 0 aliphatic rings. The van der Waals surface area contributed by atoms with E-state index in [4.69, 9.17) is 4.74 Å². The molecule has 7 nitrogen and oxygen atoms in total. The first kappa shape index (κ1) is 23.7. The smallest absolute Gasteiger partial charge is 0.252 e. The van der Waals surface area contributed by atoms with Crippen molar-refractivity contribution in [3.63, 3.8) is 0 Å². The van der Waals surface area contributed by atoms with E-state index in [1.54, 1.807) is 23.7 Å². The molecule has 0 aliphatic heterocycles. The zero-order valence-electron chi connectivity index (χ0n) is 18.2. The summed E-state index contributed by atoms with van der Waals surface area (Å²) in [7, 11) is 1.44. The van der Waals surface area contributed by atoms with Crippen LogP contribution >= 0.6 is 11.3 Å². The topological polar surface area (TPSA) is 100 Å². The highest BCUT2D eigenvalue weighted by Crippen LogP contribution is 2.29. The summed E-state index contributed by atoms with van der Waals surface area (Å²) in [6.07, 6.45) is -0.350. The van der Waals surface area contributed by atoms with E-state index in [2.05, 4.69) is 20.5 Å². The summed E-state index contributed by atoms with van der Waals surface area (Å²) in [6, 6.07) is 10.9. The number of hydrogen-bond donors (Lipinski definition) is 3. The molecule has 2 aromatic heterocycles. The normalized spacial score (nSPS) is 12.9. The summed E-state index contributed by atoms with van der Waals surface area (Å²) < 4.78 is 33.5. The van der Waals surface area contributed by atoms with Crippen LogP contribution in [0.5, 0.6) is 0 Å². The Hall–Kier alpha value is -3.47. The van der Waals surface area contributed by atoms with Crippen LogP contribution in [0, 0.1) is 11.6 Å². The predicted molar refractivity (Wildman–Crippen MR) is 124 cm³/mol. The third-order valence-electron chi connectivity index (χ3n) is 5.41. The Bertz CT molecular complexity index is 1240. The van der Waals surface area contributed by atoms with Crippen LogP contribution in [0.1, 0.15) is 16.1 Å². The van der Waals surface area contributed by atoms with Gasteiger partial charge in [-0.3, -0.25) is 9.89 Å². The van der Waals surface area contributed by atoms with Crippen molar-refractivity contribution in [2.45, 2.75) is 18.6 Å². The molecule has 0 bridgehead atoms. The Labute approximate surface area is 198 Å². The van der Waals surface area contributed by atoms with Crippen LogP contribution < -0.4 is 5.32 Å². The molecule has 2 atom stereocenters. The van der Waals surface area contributed by atoms with Crippen molar-refractivity contribution in [2.24, 2.45) is 0 Å². The second-order valence-electron chi connectivity index (χ2n) is 7.56. The van der Waals surface area contributed by atoms with Gasteiger partial charge in [-0.15, -0.1) is 11.3 Å². The van der Waals surface area contributed by atoms with Crippen molar-refractivity contribution in [3.05, 3.63) is 82.3 Å². The fraction of sp³-hybridized carbons (Fsp3) is 0.208. The standard InChI is InChI=1S/C24H22F2N4O3S/c1-33-22(11-31)20(9-16-12-34-13-27-16)28-24(32)17-3-2-4-18(26)23(17)21-10-19(29-30-21)14-5-7-15(25)8-6-14/h2-8,10,12-13,20,22,31H,9,11H2,1H3,(H,28,32)(H,29,30)/t20-,22-/m1/s1. The molecule has 176 valence electrons. The van der Waals surface area contributed by atoms with Gasteiger partial charge in [0.2, 0.25) is 0 Å². The van der Waals surface area contributed by atoms with Crippen LogP contribution in [0.15, 0.2) is 59.4 Å². The molecule has 4 aromatic rings. The van der Waals surface area contributed by atoms with Crippen molar-refractivity contribution < 1.29 is 23.4 Å². The monoisotopic (exact) mass is 484 g/mol.